The smallest absolute Gasteiger partial charge is 0.320 e. The average molecular weight is 348 g/mol. The van der Waals surface area contributed by atoms with E-state index in [4.69, 9.17) is 4.42 Å². The lowest BCUT2D eigenvalue weighted by atomic mass is 10.2. The van der Waals surface area contributed by atoms with E-state index in [2.05, 4.69) is 20.8 Å². The zero-order valence-electron chi connectivity index (χ0n) is 12.6. The number of benzene rings is 2. The maximum Gasteiger partial charge on any atom is 0.320 e. The minimum atomic E-state index is -1.61. The first kappa shape index (κ1) is 16.5. The molecular formula is C16H11F3N4O2. The largest absolute Gasteiger partial charge is 0.406 e. The van der Waals surface area contributed by atoms with Gasteiger partial charge in [0.05, 0.1) is 12.2 Å². The highest BCUT2D eigenvalue weighted by atomic mass is 19.2. The highest BCUT2D eigenvalue weighted by Crippen LogP contribution is 2.22. The van der Waals surface area contributed by atoms with E-state index in [0.29, 0.717) is 5.56 Å². The first-order chi connectivity index (χ1) is 12.0. The van der Waals surface area contributed by atoms with E-state index >= 15 is 0 Å². The van der Waals surface area contributed by atoms with Crippen molar-refractivity contribution < 1.29 is 22.4 Å². The molecule has 0 spiro atoms. The maximum absolute atomic E-state index is 13.6. The molecule has 2 N–H and O–H groups in total. The van der Waals surface area contributed by atoms with Crippen molar-refractivity contribution in [1.29, 1.82) is 0 Å². The molecule has 1 aromatic heterocycles. The monoisotopic (exact) mass is 348 g/mol. The van der Waals surface area contributed by atoms with E-state index < -0.39 is 17.5 Å². The van der Waals surface area contributed by atoms with Gasteiger partial charge < -0.3 is 15.1 Å². The lowest BCUT2D eigenvalue weighted by Gasteiger charge is -2.04. The van der Waals surface area contributed by atoms with Crippen molar-refractivity contribution in [2.75, 3.05) is 5.32 Å². The molecule has 6 nitrogen and oxygen atoms in total. The highest BCUT2D eigenvalue weighted by Gasteiger charge is 2.16. The Morgan fingerprint density at radius 2 is 1.76 bits per heavy atom. The van der Waals surface area contributed by atoms with Crippen LogP contribution in [0.4, 0.5) is 24.9 Å². The molecule has 3 aromatic rings. The summed E-state index contributed by atoms with van der Waals surface area (Å²) in [5, 5.41) is 12.2. The summed E-state index contributed by atoms with van der Waals surface area (Å²) < 4.78 is 44.8. The number of rotatable bonds is 5. The summed E-state index contributed by atoms with van der Waals surface area (Å²) in [5.41, 5.74) is 0.103. The summed E-state index contributed by atoms with van der Waals surface area (Å²) in [7, 11) is 0. The van der Waals surface area contributed by atoms with Crippen LogP contribution in [0.15, 0.2) is 46.9 Å². The number of hydrogen-bond acceptors (Lipinski definition) is 5. The molecule has 9 heteroatoms. The van der Waals surface area contributed by atoms with Crippen LogP contribution in [0.1, 0.15) is 16.2 Å². The second-order valence-electron chi connectivity index (χ2n) is 4.90. The number of anilines is 2. The van der Waals surface area contributed by atoms with Crippen molar-refractivity contribution in [1.82, 2.24) is 15.5 Å². The molecule has 25 heavy (non-hydrogen) atoms. The van der Waals surface area contributed by atoms with Gasteiger partial charge in [0.25, 0.3) is 5.91 Å². The van der Waals surface area contributed by atoms with E-state index in [0.717, 1.165) is 12.1 Å². The number of nitrogens with one attached hydrogen (secondary N) is 2. The molecule has 0 unspecified atom stereocenters. The molecule has 0 aliphatic heterocycles. The van der Waals surface area contributed by atoms with E-state index in [-0.39, 0.29) is 30.0 Å². The van der Waals surface area contributed by atoms with Crippen molar-refractivity contribution >= 4 is 17.6 Å². The molecule has 0 bridgehead atoms. The van der Waals surface area contributed by atoms with Crippen LogP contribution >= 0.6 is 0 Å². The number of amides is 1. The van der Waals surface area contributed by atoms with Crippen LogP contribution in [-0.4, -0.2) is 16.1 Å². The van der Waals surface area contributed by atoms with E-state index in [1.807, 2.05) is 0 Å². The Kier molecular flexibility index (Phi) is 4.64. The van der Waals surface area contributed by atoms with Gasteiger partial charge in [-0.15, -0.1) is 5.10 Å². The third-order valence-corrected chi connectivity index (χ3v) is 3.18. The predicted molar refractivity (Wildman–Crippen MR) is 81.5 cm³/mol. The fourth-order valence-electron chi connectivity index (χ4n) is 1.96. The molecule has 0 radical (unpaired) electrons. The molecule has 0 fully saturated rings. The molecule has 0 saturated carbocycles. The molecule has 2 aromatic carbocycles. The zero-order chi connectivity index (χ0) is 17.8. The first-order valence-corrected chi connectivity index (χ1v) is 7.11. The quantitative estimate of drug-likeness (QED) is 0.693. The summed E-state index contributed by atoms with van der Waals surface area (Å²) in [6.07, 6.45) is 0. The first-order valence-electron chi connectivity index (χ1n) is 7.11. The molecule has 3 rings (SSSR count). The normalized spacial score (nSPS) is 10.5. The number of hydrogen-bond donors (Lipinski definition) is 2. The van der Waals surface area contributed by atoms with Crippen molar-refractivity contribution in [3.8, 4) is 0 Å². The van der Waals surface area contributed by atoms with Gasteiger partial charge in [-0.25, -0.2) is 13.2 Å². The van der Waals surface area contributed by atoms with Gasteiger partial charge >= 0.3 is 6.01 Å². The molecule has 0 atom stereocenters. The number of aromatic nitrogens is 2. The molecule has 0 aliphatic carbocycles. The maximum atomic E-state index is 13.6. The van der Waals surface area contributed by atoms with E-state index in [1.165, 1.54) is 0 Å². The molecular weight excluding hydrogens is 337 g/mol. The predicted octanol–water partition coefficient (Wildman–Crippen LogP) is 3.16. The fourth-order valence-corrected chi connectivity index (χ4v) is 1.96. The summed E-state index contributed by atoms with van der Waals surface area (Å²) in [5.74, 6) is -4.61. The van der Waals surface area contributed by atoms with Gasteiger partial charge in [0, 0.05) is 5.56 Å². The lowest BCUT2D eigenvalue weighted by Crippen LogP contribution is -2.22. The van der Waals surface area contributed by atoms with Gasteiger partial charge in [-0.3, -0.25) is 4.79 Å². The fraction of sp³-hybridized carbons (Fsp3) is 0.0625. The standard InChI is InChI=1S/C16H11F3N4O2/c17-10-6-7-11(14(19)13(10)18)21-16-23-22-12(25-16)8-20-15(24)9-4-2-1-3-5-9/h1-7H,8H2,(H,20,24)(H,21,23). The average Bonchev–Trinajstić information content (AvgIpc) is 3.08. The Labute approximate surface area is 139 Å². The second kappa shape index (κ2) is 7.04. The van der Waals surface area contributed by atoms with Crippen LogP contribution < -0.4 is 10.6 Å². The molecule has 1 heterocycles. The minimum Gasteiger partial charge on any atom is -0.406 e. The van der Waals surface area contributed by atoms with Crippen LogP contribution in [0.5, 0.6) is 0 Å². The minimum absolute atomic E-state index is 0.0507. The van der Waals surface area contributed by atoms with E-state index in [1.54, 1.807) is 30.3 Å². The van der Waals surface area contributed by atoms with Gasteiger partial charge in [0.15, 0.2) is 17.5 Å². The Morgan fingerprint density at radius 1 is 1.00 bits per heavy atom. The van der Waals surface area contributed by atoms with Crippen molar-refractivity contribution in [2.24, 2.45) is 0 Å². The number of nitrogens with zero attached hydrogens (tertiary/aromatic N) is 2. The summed E-state index contributed by atoms with van der Waals surface area (Å²) in [4.78, 5) is 11.9. The Morgan fingerprint density at radius 3 is 2.52 bits per heavy atom. The van der Waals surface area contributed by atoms with Crippen LogP contribution in [0.3, 0.4) is 0 Å². The third-order valence-electron chi connectivity index (χ3n) is 3.18. The van der Waals surface area contributed by atoms with E-state index in [9.17, 15) is 18.0 Å². The molecule has 1 amide bonds. The molecule has 0 saturated heterocycles. The summed E-state index contributed by atoms with van der Waals surface area (Å²) in [6, 6.07) is 10.0. The molecule has 128 valence electrons. The Balaban J connectivity index is 1.63. The highest BCUT2D eigenvalue weighted by molar-refractivity contribution is 5.93. The van der Waals surface area contributed by atoms with Crippen molar-refractivity contribution in [2.45, 2.75) is 6.54 Å². The van der Waals surface area contributed by atoms with Crippen LogP contribution in [0.25, 0.3) is 0 Å². The van der Waals surface area contributed by atoms with Gasteiger partial charge in [-0.05, 0) is 24.3 Å². The second-order valence-corrected chi connectivity index (χ2v) is 4.90. The zero-order valence-corrected chi connectivity index (χ0v) is 12.6. The van der Waals surface area contributed by atoms with Crippen LogP contribution in [-0.2, 0) is 6.54 Å². The van der Waals surface area contributed by atoms with Crippen molar-refractivity contribution in [3.63, 3.8) is 0 Å². The Hall–Kier alpha value is -3.36. The van der Waals surface area contributed by atoms with Crippen molar-refractivity contribution in [3.05, 3.63) is 71.4 Å². The molecule has 0 aliphatic rings. The number of halogens is 3. The Bertz CT molecular complexity index is 900. The number of carbonyl (C=O) groups is 1. The SMILES string of the molecule is O=C(NCc1nnc(Nc2ccc(F)c(F)c2F)o1)c1ccccc1. The number of carbonyl (C=O) groups excluding carboxylic acids is 1. The topological polar surface area (TPSA) is 80.0 Å². The summed E-state index contributed by atoms with van der Waals surface area (Å²) >= 11 is 0. The van der Waals surface area contributed by atoms with Gasteiger partial charge in [-0.1, -0.05) is 23.3 Å². The van der Waals surface area contributed by atoms with Gasteiger partial charge in [-0.2, -0.15) is 0 Å². The third kappa shape index (κ3) is 3.77. The van der Waals surface area contributed by atoms with Crippen LogP contribution in [0.2, 0.25) is 0 Å². The lowest BCUT2D eigenvalue weighted by molar-refractivity contribution is 0.0947. The van der Waals surface area contributed by atoms with Crippen LogP contribution in [0, 0.1) is 17.5 Å². The van der Waals surface area contributed by atoms with Gasteiger partial charge in [0.2, 0.25) is 5.89 Å². The van der Waals surface area contributed by atoms with Gasteiger partial charge in [0.1, 0.15) is 0 Å². The summed E-state index contributed by atoms with van der Waals surface area (Å²) in [6.45, 7) is -0.0529.